The lowest BCUT2D eigenvalue weighted by Crippen LogP contribution is -2.28. The van der Waals surface area contributed by atoms with Crippen molar-refractivity contribution >= 4 is 35.3 Å². The number of esters is 2. The molecule has 10 nitrogen and oxygen atoms in total. The third-order valence-corrected chi connectivity index (χ3v) is 4.39. The first-order chi connectivity index (χ1) is 14.4. The highest BCUT2D eigenvalue weighted by molar-refractivity contribution is 6.00. The molecule has 1 aromatic heterocycles. The summed E-state index contributed by atoms with van der Waals surface area (Å²) >= 11 is 0. The maximum Gasteiger partial charge on any atom is 0.338 e. The second kappa shape index (κ2) is 9.21. The molecule has 1 saturated heterocycles. The summed E-state index contributed by atoms with van der Waals surface area (Å²) in [6, 6.07) is 7.88. The Bertz CT molecular complexity index is 952. The van der Waals surface area contributed by atoms with Crippen molar-refractivity contribution in [2.75, 3.05) is 30.0 Å². The lowest BCUT2D eigenvalue weighted by Gasteiger charge is -2.16. The van der Waals surface area contributed by atoms with Crippen LogP contribution in [0.2, 0.25) is 0 Å². The molecule has 1 atom stereocenters. The summed E-state index contributed by atoms with van der Waals surface area (Å²) in [7, 11) is 0. The fraction of sp³-hybridized carbons (Fsp3) is 0.350. The Morgan fingerprint density at radius 3 is 2.60 bits per heavy atom. The normalized spacial score (nSPS) is 15.7. The van der Waals surface area contributed by atoms with Crippen molar-refractivity contribution in [2.45, 2.75) is 20.3 Å². The van der Waals surface area contributed by atoms with Gasteiger partial charge in [-0.2, -0.15) is 0 Å². The molecule has 0 spiro atoms. The smallest absolute Gasteiger partial charge is 0.338 e. The van der Waals surface area contributed by atoms with Crippen LogP contribution in [0.25, 0.3) is 0 Å². The molecule has 1 aliphatic rings. The minimum Gasteiger partial charge on any atom is -0.462 e. The zero-order chi connectivity index (χ0) is 21.7. The van der Waals surface area contributed by atoms with E-state index in [1.807, 2.05) is 0 Å². The summed E-state index contributed by atoms with van der Waals surface area (Å²) in [6.07, 6.45) is -0.0252. The molecule has 3 rings (SSSR count). The van der Waals surface area contributed by atoms with E-state index < -0.39 is 30.4 Å². The molecule has 10 heteroatoms. The molecular weight excluding hydrogens is 394 g/mol. The van der Waals surface area contributed by atoms with Crippen LogP contribution >= 0.6 is 0 Å². The summed E-state index contributed by atoms with van der Waals surface area (Å²) in [6.45, 7) is 3.29. The van der Waals surface area contributed by atoms with Crippen LogP contribution in [0.15, 0.2) is 34.9 Å². The van der Waals surface area contributed by atoms with E-state index in [9.17, 15) is 19.2 Å². The number of aromatic nitrogens is 1. The molecule has 0 radical (unpaired) electrons. The van der Waals surface area contributed by atoms with Gasteiger partial charge in [0.1, 0.15) is 5.76 Å². The Hall–Kier alpha value is -3.69. The zero-order valence-electron chi connectivity index (χ0n) is 16.5. The van der Waals surface area contributed by atoms with Crippen molar-refractivity contribution in [1.82, 2.24) is 5.16 Å². The number of hydrogen-bond acceptors (Lipinski definition) is 8. The van der Waals surface area contributed by atoms with E-state index in [0.717, 1.165) is 0 Å². The monoisotopic (exact) mass is 415 g/mol. The van der Waals surface area contributed by atoms with E-state index in [0.29, 0.717) is 17.0 Å². The molecule has 30 heavy (non-hydrogen) atoms. The number of nitrogens with one attached hydrogen (secondary N) is 1. The average molecular weight is 415 g/mol. The van der Waals surface area contributed by atoms with E-state index in [4.69, 9.17) is 14.0 Å². The lowest BCUT2D eigenvalue weighted by molar-refractivity contribution is -0.151. The summed E-state index contributed by atoms with van der Waals surface area (Å²) in [4.78, 5) is 49.6. The summed E-state index contributed by atoms with van der Waals surface area (Å²) in [5, 5.41) is 6.05. The van der Waals surface area contributed by atoms with Crippen molar-refractivity contribution in [3.63, 3.8) is 0 Å². The number of carbonyl (C=O) groups is 4. The Balaban J connectivity index is 1.52. The van der Waals surface area contributed by atoms with Gasteiger partial charge in [0.25, 0.3) is 5.91 Å². The molecule has 1 N–H and O–H groups in total. The summed E-state index contributed by atoms with van der Waals surface area (Å²) in [5.74, 6) is -1.83. The second-order valence-corrected chi connectivity index (χ2v) is 6.65. The Morgan fingerprint density at radius 1 is 1.23 bits per heavy atom. The van der Waals surface area contributed by atoms with Gasteiger partial charge in [0.2, 0.25) is 5.91 Å². The number of rotatable bonds is 7. The minimum atomic E-state index is -0.690. The molecule has 0 bridgehead atoms. The minimum absolute atomic E-state index is 0.0252. The van der Waals surface area contributed by atoms with Gasteiger partial charge in [-0.3, -0.25) is 14.4 Å². The van der Waals surface area contributed by atoms with E-state index in [2.05, 4.69) is 10.5 Å². The van der Waals surface area contributed by atoms with Crippen LogP contribution < -0.4 is 10.2 Å². The number of anilines is 2. The molecule has 0 aliphatic carbocycles. The fourth-order valence-corrected chi connectivity index (χ4v) is 2.97. The number of nitrogens with zero attached hydrogens (tertiary/aromatic N) is 2. The molecule has 2 aromatic rings. The third-order valence-electron chi connectivity index (χ3n) is 4.39. The van der Waals surface area contributed by atoms with E-state index in [1.165, 1.54) is 11.0 Å². The van der Waals surface area contributed by atoms with Crippen molar-refractivity contribution in [2.24, 2.45) is 5.92 Å². The van der Waals surface area contributed by atoms with Crippen LogP contribution in [0, 0.1) is 12.8 Å². The topological polar surface area (TPSA) is 128 Å². The third kappa shape index (κ3) is 5.02. The molecule has 0 unspecified atom stereocenters. The number of aryl methyl sites for hydroxylation is 1. The standard InChI is InChI=1S/C20H21N3O7/c1-3-28-19(26)13-4-6-15(7-5-13)23-10-14(9-18(23)25)20(27)29-11-17(24)21-16-8-12(2)30-22-16/h4-8,14H,3,9-11H2,1-2H3,(H,21,22,24)/t14-/m1/s1. The fourth-order valence-electron chi connectivity index (χ4n) is 2.97. The van der Waals surface area contributed by atoms with Gasteiger partial charge in [0.05, 0.1) is 18.1 Å². The summed E-state index contributed by atoms with van der Waals surface area (Å²) in [5.41, 5.74) is 0.930. The van der Waals surface area contributed by atoms with Crippen molar-refractivity contribution < 1.29 is 33.2 Å². The first kappa shape index (κ1) is 21.0. The number of carbonyl (C=O) groups excluding carboxylic acids is 4. The molecule has 1 fully saturated rings. The van der Waals surface area contributed by atoms with Crippen LogP contribution in [-0.2, 0) is 23.9 Å². The van der Waals surface area contributed by atoms with E-state index in [-0.39, 0.29) is 31.3 Å². The first-order valence-electron chi connectivity index (χ1n) is 9.34. The average Bonchev–Trinajstić information content (AvgIpc) is 3.31. The van der Waals surface area contributed by atoms with E-state index >= 15 is 0 Å². The van der Waals surface area contributed by atoms with Crippen LogP contribution in [0.3, 0.4) is 0 Å². The maximum atomic E-state index is 12.3. The number of ether oxygens (including phenoxy) is 2. The molecule has 0 saturated carbocycles. The molecule has 158 valence electrons. The van der Waals surface area contributed by atoms with Gasteiger partial charge >= 0.3 is 11.9 Å². The number of hydrogen-bond donors (Lipinski definition) is 1. The second-order valence-electron chi connectivity index (χ2n) is 6.65. The molecule has 1 aliphatic heterocycles. The van der Waals surface area contributed by atoms with Gasteiger partial charge in [0.15, 0.2) is 12.4 Å². The molecule has 1 aromatic carbocycles. The largest absolute Gasteiger partial charge is 0.462 e. The predicted octanol–water partition coefficient (Wildman–Crippen LogP) is 1.69. The van der Waals surface area contributed by atoms with Gasteiger partial charge in [-0.1, -0.05) is 5.16 Å². The van der Waals surface area contributed by atoms with Gasteiger partial charge in [-0.15, -0.1) is 0 Å². The van der Waals surface area contributed by atoms with Gasteiger partial charge in [-0.05, 0) is 38.1 Å². The maximum absolute atomic E-state index is 12.3. The highest BCUT2D eigenvalue weighted by Crippen LogP contribution is 2.26. The molecular formula is C20H21N3O7. The zero-order valence-corrected chi connectivity index (χ0v) is 16.5. The van der Waals surface area contributed by atoms with Crippen LogP contribution in [-0.4, -0.2) is 48.7 Å². The highest BCUT2D eigenvalue weighted by Gasteiger charge is 2.36. The van der Waals surface area contributed by atoms with Gasteiger partial charge in [-0.25, -0.2) is 4.79 Å². The Labute approximate surface area is 172 Å². The molecule has 2 heterocycles. The van der Waals surface area contributed by atoms with Crippen LogP contribution in [0.1, 0.15) is 29.5 Å². The van der Waals surface area contributed by atoms with Crippen molar-refractivity contribution in [1.29, 1.82) is 0 Å². The number of amides is 2. The van der Waals surface area contributed by atoms with Gasteiger partial charge in [0, 0.05) is 24.7 Å². The Morgan fingerprint density at radius 2 is 1.97 bits per heavy atom. The van der Waals surface area contributed by atoms with Crippen LogP contribution in [0.5, 0.6) is 0 Å². The molecule has 2 amide bonds. The summed E-state index contributed by atoms with van der Waals surface area (Å²) < 4.78 is 14.8. The Kier molecular flexibility index (Phi) is 6.45. The van der Waals surface area contributed by atoms with Crippen molar-refractivity contribution in [3.8, 4) is 0 Å². The first-order valence-corrected chi connectivity index (χ1v) is 9.34. The van der Waals surface area contributed by atoms with Crippen LogP contribution in [0.4, 0.5) is 11.5 Å². The lowest BCUT2D eigenvalue weighted by atomic mass is 10.1. The number of benzene rings is 1. The predicted molar refractivity (Wildman–Crippen MR) is 104 cm³/mol. The van der Waals surface area contributed by atoms with E-state index in [1.54, 1.807) is 38.1 Å². The van der Waals surface area contributed by atoms with Gasteiger partial charge < -0.3 is 24.2 Å². The van der Waals surface area contributed by atoms with Crippen molar-refractivity contribution in [3.05, 3.63) is 41.7 Å². The highest BCUT2D eigenvalue weighted by atomic mass is 16.5. The SMILES string of the molecule is CCOC(=O)c1ccc(N2C[C@H](C(=O)OCC(=O)Nc3cc(C)on3)CC2=O)cc1. The quantitative estimate of drug-likeness (QED) is 0.677.